The minimum atomic E-state index is -0.315. The Kier molecular flexibility index (Phi) is 6.86. The van der Waals surface area contributed by atoms with Gasteiger partial charge in [-0.25, -0.2) is 4.98 Å². The molecule has 1 saturated heterocycles. The summed E-state index contributed by atoms with van der Waals surface area (Å²) in [7, 11) is 0. The molecule has 36 heavy (non-hydrogen) atoms. The van der Waals surface area contributed by atoms with Gasteiger partial charge in [-0.15, -0.1) is 0 Å². The zero-order chi connectivity index (χ0) is 25.1. The van der Waals surface area contributed by atoms with Gasteiger partial charge in [0.25, 0.3) is 5.91 Å². The number of nitrogens with one attached hydrogen (secondary N) is 2. The predicted octanol–water partition coefficient (Wildman–Crippen LogP) is 4.63. The number of anilines is 2. The number of nitrogens with zero attached hydrogens (tertiary/aromatic N) is 4. The highest BCUT2D eigenvalue weighted by atomic mass is 35.5. The highest BCUT2D eigenvalue weighted by molar-refractivity contribution is 6.30. The van der Waals surface area contributed by atoms with Gasteiger partial charge in [-0.05, 0) is 43.2 Å². The van der Waals surface area contributed by atoms with Crippen LogP contribution in [0.15, 0.2) is 66.9 Å². The lowest BCUT2D eigenvalue weighted by molar-refractivity contribution is -0.127. The fourth-order valence-electron chi connectivity index (χ4n) is 4.46. The summed E-state index contributed by atoms with van der Waals surface area (Å²) in [6.45, 7) is 3.94. The quantitative estimate of drug-likeness (QED) is 0.366. The van der Waals surface area contributed by atoms with Crippen LogP contribution >= 0.6 is 11.6 Å². The van der Waals surface area contributed by atoms with Crippen molar-refractivity contribution >= 4 is 40.6 Å². The Balaban J connectivity index is 1.46. The van der Waals surface area contributed by atoms with Gasteiger partial charge in [0.2, 0.25) is 5.91 Å². The van der Waals surface area contributed by atoms with Gasteiger partial charge in [0.05, 0.1) is 11.9 Å². The standard InChI is InChI=1S/C27H27ClN6O2/c1-2-33-17-19(14-25(33)35)23-15-24(29-13-12-18-6-4-3-5-7-18)34-26(32-23)22(16-30-34)27(36)31-21-10-8-20(28)9-11-21/h3-11,15-16,19,29H,2,12-14,17H2,1H3,(H,31,36)/t19-/m1/s1. The van der Waals surface area contributed by atoms with Gasteiger partial charge >= 0.3 is 0 Å². The molecule has 0 aliphatic carbocycles. The number of likely N-dealkylation sites (N-methyl/N-ethyl adjacent to an activating group) is 1. The number of halogens is 1. The lowest BCUT2D eigenvalue weighted by Crippen LogP contribution is -2.24. The molecule has 0 bridgehead atoms. The normalized spacial score (nSPS) is 15.4. The Morgan fingerprint density at radius 2 is 1.92 bits per heavy atom. The van der Waals surface area contributed by atoms with Crippen molar-refractivity contribution in [3.8, 4) is 0 Å². The summed E-state index contributed by atoms with van der Waals surface area (Å²) < 4.78 is 1.65. The molecule has 3 heterocycles. The van der Waals surface area contributed by atoms with Crippen LogP contribution in [0.4, 0.5) is 11.5 Å². The minimum Gasteiger partial charge on any atom is -0.370 e. The smallest absolute Gasteiger partial charge is 0.261 e. The summed E-state index contributed by atoms with van der Waals surface area (Å²) in [5, 5.41) is 11.4. The molecule has 4 aromatic rings. The second-order valence-electron chi connectivity index (χ2n) is 8.82. The van der Waals surface area contributed by atoms with E-state index in [1.54, 1.807) is 28.8 Å². The molecule has 1 aliphatic heterocycles. The number of fused-ring (bicyclic) bond motifs is 1. The van der Waals surface area contributed by atoms with Gasteiger partial charge in [-0.1, -0.05) is 41.9 Å². The maximum absolute atomic E-state index is 13.1. The highest BCUT2D eigenvalue weighted by Gasteiger charge is 2.31. The first-order valence-corrected chi connectivity index (χ1v) is 12.4. The first-order chi connectivity index (χ1) is 17.5. The van der Waals surface area contributed by atoms with Gasteiger partial charge in [0, 0.05) is 48.7 Å². The monoisotopic (exact) mass is 502 g/mol. The van der Waals surface area contributed by atoms with Crippen LogP contribution < -0.4 is 10.6 Å². The van der Waals surface area contributed by atoms with E-state index in [4.69, 9.17) is 16.6 Å². The number of likely N-dealkylation sites (tertiary alicyclic amines) is 1. The number of aromatic nitrogens is 3. The number of carbonyl (C=O) groups excluding carboxylic acids is 2. The van der Waals surface area contributed by atoms with Crippen LogP contribution in [0, 0.1) is 0 Å². The van der Waals surface area contributed by atoms with E-state index in [0.29, 0.717) is 48.0 Å². The van der Waals surface area contributed by atoms with Gasteiger partial charge in [-0.2, -0.15) is 9.61 Å². The van der Waals surface area contributed by atoms with Gasteiger partial charge < -0.3 is 15.5 Å². The summed E-state index contributed by atoms with van der Waals surface area (Å²) in [6.07, 6.45) is 2.76. The Labute approximate surface area is 214 Å². The van der Waals surface area contributed by atoms with Crippen molar-refractivity contribution in [3.63, 3.8) is 0 Å². The third kappa shape index (κ3) is 5.04. The number of carbonyl (C=O) groups is 2. The summed E-state index contributed by atoms with van der Waals surface area (Å²) in [4.78, 5) is 32.2. The number of amides is 2. The molecule has 0 unspecified atom stereocenters. The average Bonchev–Trinajstić information content (AvgIpc) is 3.49. The van der Waals surface area contributed by atoms with E-state index in [0.717, 1.165) is 17.9 Å². The van der Waals surface area contributed by atoms with Crippen LogP contribution in [0.3, 0.4) is 0 Å². The molecule has 1 fully saturated rings. The maximum atomic E-state index is 13.1. The molecule has 0 radical (unpaired) electrons. The molecule has 2 aromatic carbocycles. The van der Waals surface area contributed by atoms with Crippen molar-refractivity contribution in [1.82, 2.24) is 19.5 Å². The van der Waals surface area contributed by atoms with Crippen molar-refractivity contribution in [1.29, 1.82) is 0 Å². The molecule has 2 aromatic heterocycles. The summed E-state index contributed by atoms with van der Waals surface area (Å²) in [5.41, 5.74) is 3.42. The fraction of sp³-hybridized carbons (Fsp3) is 0.259. The van der Waals surface area contributed by atoms with Crippen molar-refractivity contribution in [2.45, 2.75) is 25.7 Å². The second kappa shape index (κ2) is 10.4. The molecule has 2 amide bonds. The molecule has 8 nitrogen and oxygen atoms in total. The Hall–Kier alpha value is -3.91. The summed E-state index contributed by atoms with van der Waals surface area (Å²) in [5.74, 6) is 0.500. The molecule has 0 spiro atoms. The van der Waals surface area contributed by atoms with Gasteiger partial charge in [0.1, 0.15) is 11.4 Å². The number of hydrogen-bond donors (Lipinski definition) is 2. The summed E-state index contributed by atoms with van der Waals surface area (Å²) >= 11 is 5.96. The van der Waals surface area contributed by atoms with Crippen molar-refractivity contribution in [2.24, 2.45) is 0 Å². The largest absolute Gasteiger partial charge is 0.370 e. The minimum absolute atomic E-state index is 0.0424. The Bertz CT molecular complexity index is 1390. The summed E-state index contributed by atoms with van der Waals surface area (Å²) in [6, 6.07) is 19.1. The second-order valence-corrected chi connectivity index (χ2v) is 9.25. The van der Waals surface area contributed by atoms with Crippen molar-refractivity contribution in [2.75, 3.05) is 30.3 Å². The van der Waals surface area contributed by atoms with Crippen LogP contribution in [-0.4, -0.2) is 50.9 Å². The van der Waals surface area contributed by atoms with Crippen molar-refractivity contribution < 1.29 is 9.59 Å². The Morgan fingerprint density at radius 3 is 2.64 bits per heavy atom. The first kappa shape index (κ1) is 23.8. The van der Waals surface area contributed by atoms with E-state index in [2.05, 4.69) is 27.9 Å². The van der Waals surface area contributed by atoms with Crippen LogP contribution in [-0.2, 0) is 11.2 Å². The van der Waals surface area contributed by atoms with E-state index in [1.165, 1.54) is 11.8 Å². The number of rotatable bonds is 8. The fourth-order valence-corrected chi connectivity index (χ4v) is 4.59. The zero-order valence-corrected chi connectivity index (χ0v) is 20.7. The van der Waals surface area contributed by atoms with Crippen LogP contribution in [0.1, 0.15) is 40.9 Å². The lowest BCUT2D eigenvalue weighted by atomic mass is 10.0. The van der Waals surface area contributed by atoms with Crippen LogP contribution in [0.25, 0.3) is 5.65 Å². The molecular weight excluding hydrogens is 476 g/mol. The molecular formula is C27H27ClN6O2. The third-order valence-corrected chi connectivity index (χ3v) is 6.67. The SMILES string of the molecule is CCN1C[C@H](c2cc(NCCc3ccccc3)n3ncc(C(=O)Nc4ccc(Cl)cc4)c3n2)CC1=O. The number of hydrogen-bond acceptors (Lipinski definition) is 5. The van der Waals surface area contributed by atoms with Crippen LogP contribution in [0.5, 0.6) is 0 Å². The third-order valence-electron chi connectivity index (χ3n) is 6.42. The predicted molar refractivity (Wildman–Crippen MR) is 141 cm³/mol. The van der Waals surface area contributed by atoms with Gasteiger partial charge in [0.15, 0.2) is 5.65 Å². The van der Waals surface area contributed by atoms with Gasteiger partial charge in [-0.3, -0.25) is 9.59 Å². The topological polar surface area (TPSA) is 91.6 Å². The molecule has 9 heteroatoms. The van der Waals surface area contributed by atoms with Crippen LogP contribution in [0.2, 0.25) is 5.02 Å². The van der Waals surface area contributed by atoms with Crippen molar-refractivity contribution in [3.05, 3.63) is 88.7 Å². The van der Waals surface area contributed by atoms with E-state index in [-0.39, 0.29) is 17.7 Å². The highest BCUT2D eigenvalue weighted by Crippen LogP contribution is 2.30. The Morgan fingerprint density at radius 1 is 1.14 bits per heavy atom. The molecule has 2 N–H and O–H groups in total. The van der Waals surface area contributed by atoms with E-state index < -0.39 is 0 Å². The molecule has 0 saturated carbocycles. The van der Waals surface area contributed by atoms with E-state index in [1.807, 2.05) is 36.1 Å². The molecule has 1 aliphatic rings. The number of benzene rings is 2. The van der Waals surface area contributed by atoms with E-state index in [9.17, 15) is 9.59 Å². The van der Waals surface area contributed by atoms with E-state index >= 15 is 0 Å². The molecule has 184 valence electrons. The maximum Gasteiger partial charge on any atom is 0.261 e. The lowest BCUT2D eigenvalue weighted by Gasteiger charge is -2.15. The zero-order valence-electron chi connectivity index (χ0n) is 19.9. The molecule has 1 atom stereocenters. The first-order valence-electron chi connectivity index (χ1n) is 12.0. The average molecular weight is 503 g/mol. The molecule has 5 rings (SSSR count).